The maximum absolute atomic E-state index is 12.4. The average molecular weight is 284 g/mol. The quantitative estimate of drug-likeness (QED) is 0.793. The molecule has 2 rings (SSSR count). The van der Waals surface area contributed by atoms with Gasteiger partial charge in [0.05, 0.1) is 7.11 Å². The smallest absolute Gasteiger partial charge is 0.193 e. The Hall–Kier alpha value is -2.29. The lowest BCUT2D eigenvalue weighted by Gasteiger charge is -2.21. The van der Waals surface area contributed by atoms with Gasteiger partial charge in [-0.15, -0.1) is 0 Å². The Morgan fingerprint density at radius 1 is 0.905 bits per heavy atom. The molecule has 0 spiro atoms. The summed E-state index contributed by atoms with van der Waals surface area (Å²) >= 11 is 0. The number of carbonyl (C=O) groups excluding carboxylic acids is 1. The van der Waals surface area contributed by atoms with E-state index in [-0.39, 0.29) is 11.4 Å². The van der Waals surface area contributed by atoms with E-state index in [1.54, 1.807) is 31.4 Å². The van der Waals surface area contributed by atoms with Gasteiger partial charge in [0.2, 0.25) is 0 Å². The van der Waals surface area contributed by atoms with E-state index >= 15 is 0 Å². The molecule has 3 nitrogen and oxygen atoms in total. The largest absolute Gasteiger partial charge is 0.497 e. The first-order valence-electron chi connectivity index (χ1n) is 6.87. The van der Waals surface area contributed by atoms with Gasteiger partial charge >= 0.3 is 0 Å². The van der Waals surface area contributed by atoms with Crippen LogP contribution in [0.15, 0.2) is 48.5 Å². The molecular weight excluding hydrogens is 264 g/mol. The second kappa shape index (κ2) is 6.00. The molecule has 0 heterocycles. The molecule has 0 fully saturated rings. The zero-order valence-electron chi connectivity index (χ0n) is 12.8. The van der Waals surface area contributed by atoms with Gasteiger partial charge in [0, 0.05) is 11.1 Å². The number of ether oxygens (including phenoxy) is 2. The zero-order valence-corrected chi connectivity index (χ0v) is 12.8. The summed E-state index contributed by atoms with van der Waals surface area (Å²) in [6.07, 6.45) is 0. The molecule has 110 valence electrons. The topological polar surface area (TPSA) is 35.5 Å². The van der Waals surface area contributed by atoms with Gasteiger partial charge < -0.3 is 9.47 Å². The summed E-state index contributed by atoms with van der Waals surface area (Å²) in [5, 5.41) is 0. The van der Waals surface area contributed by atoms with Gasteiger partial charge in [0.15, 0.2) is 5.78 Å². The Balaban J connectivity index is 2.19. The van der Waals surface area contributed by atoms with E-state index in [1.807, 2.05) is 45.0 Å². The average Bonchev–Trinajstić information content (AvgIpc) is 2.46. The van der Waals surface area contributed by atoms with Crippen LogP contribution in [0.25, 0.3) is 0 Å². The normalized spacial score (nSPS) is 11.0. The third-order valence-electron chi connectivity index (χ3n) is 2.87. The molecule has 0 aliphatic rings. The van der Waals surface area contributed by atoms with E-state index in [0.29, 0.717) is 16.9 Å². The summed E-state index contributed by atoms with van der Waals surface area (Å²) in [7, 11) is 1.59. The number of hydrogen-bond acceptors (Lipinski definition) is 3. The fourth-order valence-electron chi connectivity index (χ4n) is 1.96. The van der Waals surface area contributed by atoms with Crippen LogP contribution in [0.5, 0.6) is 11.5 Å². The van der Waals surface area contributed by atoms with Crippen molar-refractivity contribution in [3.63, 3.8) is 0 Å². The fraction of sp³-hybridized carbons (Fsp3) is 0.278. The Morgan fingerprint density at radius 2 is 1.57 bits per heavy atom. The zero-order chi connectivity index (χ0) is 15.5. The third kappa shape index (κ3) is 4.09. The molecule has 0 N–H and O–H groups in total. The highest BCUT2D eigenvalue weighted by Crippen LogP contribution is 2.21. The lowest BCUT2D eigenvalue weighted by atomic mass is 10.0. The summed E-state index contributed by atoms with van der Waals surface area (Å²) in [5.41, 5.74) is 0.988. The van der Waals surface area contributed by atoms with Crippen molar-refractivity contribution in [1.82, 2.24) is 0 Å². The molecule has 0 aliphatic heterocycles. The number of benzene rings is 2. The number of ketones is 1. The number of hydrogen-bond donors (Lipinski definition) is 0. The maximum atomic E-state index is 12.4. The van der Waals surface area contributed by atoms with Crippen molar-refractivity contribution in [2.45, 2.75) is 26.4 Å². The van der Waals surface area contributed by atoms with E-state index < -0.39 is 0 Å². The van der Waals surface area contributed by atoms with Crippen LogP contribution in [0, 0.1) is 0 Å². The molecule has 21 heavy (non-hydrogen) atoms. The van der Waals surface area contributed by atoms with Gasteiger partial charge in [-0.05, 0) is 57.2 Å². The molecule has 0 saturated heterocycles. The first-order valence-corrected chi connectivity index (χ1v) is 6.87. The number of carbonyl (C=O) groups is 1. The second-order valence-corrected chi connectivity index (χ2v) is 5.80. The van der Waals surface area contributed by atoms with Gasteiger partial charge in [0.25, 0.3) is 0 Å². The molecule has 3 heteroatoms. The van der Waals surface area contributed by atoms with Gasteiger partial charge in [-0.2, -0.15) is 0 Å². The maximum Gasteiger partial charge on any atom is 0.193 e. The highest BCUT2D eigenvalue weighted by atomic mass is 16.5. The van der Waals surface area contributed by atoms with Crippen LogP contribution >= 0.6 is 0 Å². The fourth-order valence-corrected chi connectivity index (χ4v) is 1.96. The van der Waals surface area contributed by atoms with Crippen molar-refractivity contribution in [3.8, 4) is 11.5 Å². The van der Waals surface area contributed by atoms with E-state index in [4.69, 9.17) is 9.47 Å². The standard InChI is InChI=1S/C18H20O3/c1-18(2,3)21-15-10-8-13(9-11-15)17(19)14-6-5-7-16(12-14)20-4/h5-12H,1-4H3. The van der Waals surface area contributed by atoms with Crippen LogP contribution in [-0.2, 0) is 0 Å². The third-order valence-corrected chi connectivity index (χ3v) is 2.87. The summed E-state index contributed by atoms with van der Waals surface area (Å²) < 4.78 is 10.9. The van der Waals surface area contributed by atoms with Crippen LogP contribution in [-0.4, -0.2) is 18.5 Å². The SMILES string of the molecule is COc1cccc(C(=O)c2ccc(OC(C)(C)C)cc2)c1. The molecule has 0 amide bonds. The van der Waals surface area contributed by atoms with Crippen LogP contribution in [0.1, 0.15) is 36.7 Å². The van der Waals surface area contributed by atoms with Crippen LogP contribution in [0.3, 0.4) is 0 Å². The number of rotatable bonds is 4. The highest BCUT2D eigenvalue weighted by molar-refractivity contribution is 6.09. The molecule has 0 aromatic heterocycles. The molecule has 0 atom stereocenters. The Morgan fingerprint density at radius 3 is 2.14 bits per heavy atom. The van der Waals surface area contributed by atoms with Crippen LogP contribution in [0.4, 0.5) is 0 Å². The molecule has 0 saturated carbocycles. The molecule has 0 unspecified atom stereocenters. The summed E-state index contributed by atoms with van der Waals surface area (Å²) in [4.78, 5) is 12.4. The van der Waals surface area contributed by atoms with E-state index in [1.165, 1.54) is 0 Å². The highest BCUT2D eigenvalue weighted by Gasteiger charge is 2.13. The van der Waals surface area contributed by atoms with Crippen LogP contribution in [0.2, 0.25) is 0 Å². The molecule has 0 aliphatic carbocycles. The summed E-state index contributed by atoms with van der Waals surface area (Å²) in [6, 6.07) is 14.3. The minimum absolute atomic E-state index is 0.0313. The van der Waals surface area contributed by atoms with Crippen molar-refractivity contribution < 1.29 is 14.3 Å². The van der Waals surface area contributed by atoms with Crippen LogP contribution < -0.4 is 9.47 Å². The van der Waals surface area contributed by atoms with E-state index in [0.717, 1.165) is 5.75 Å². The van der Waals surface area contributed by atoms with E-state index in [2.05, 4.69) is 0 Å². The van der Waals surface area contributed by atoms with Crippen molar-refractivity contribution >= 4 is 5.78 Å². The van der Waals surface area contributed by atoms with E-state index in [9.17, 15) is 4.79 Å². The van der Waals surface area contributed by atoms with Gasteiger partial charge in [-0.1, -0.05) is 12.1 Å². The van der Waals surface area contributed by atoms with Crippen molar-refractivity contribution in [2.24, 2.45) is 0 Å². The first kappa shape index (κ1) is 15.1. The number of methoxy groups -OCH3 is 1. The predicted molar refractivity (Wildman–Crippen MR) is 83.2 cm³/mol. The van der Waals surface area contributed by atoms with Crippen molar-refractivity contribution in [1.29, 1.82) is 0 Å². The minimum atomic E-state index is -0.252. The monoisotopic (exact) mass is 284 g/mol. The second-order valence-electron chi connectivity index (χ2n) is 5.80. The summed E-state index contributed by atoms with van der Waals surface area (Å²) in [6.45, 7) is 5.97. The summed E-state index contributed by atoms with van der Waals surface area (Å²) in [5.74, 6) is 1.40. The molecule has 2 aromatic rings. The van der Waals surface area contributed by atoms with Crippen molar-refractivity contribution in [2.75, 3.05) is 7.11 Å². The first-order chi connectivity index (χ1) is 9.89. The molecule has 2 aromatic carbocycles. The molecular formula is C18H20O3. The van der Waals surface area contributed by atoms with Gasteiger partial charge in [-0.3, -0.25) is 4.79 Å². The van der Waals surface area contributed by atoms with Crippen molar-refractivity contribution in [3.05, 3.63) is 59.7 Å². The Labute approximate surface area is 125 Å². The minimum Gasteiger partial charge on any atom is -0.497 e. The van der Waals surface area contributed by atoms with Gasteiger partial charge in [-0.25, -0.2) is 0 Å². The Bertz CT molecular complexity index is 622. The molecule has 0 bridgehead atoms. The molecule has 0 radical (unpaired) electrons. The lowest BCUT2D eigenvalue weighted by molar-refractivity contribution is 0.103. The lowest BCUT2D eigenvalue weighted by Crippen LogP contribution is -2.22. The Kier molecular flexibility index (Phi) is 4.32. The predicted octanol–water partition coefficient (Wildman–Crippen LogP) is 4.10. The van der Waals surface area contributed by atoms with Gasteiger partial charge in [0.1, 0.15) is 17.1 Å².